The Balaban J connectivity index is 2.32. The smallest absolute Gasteiger partial charge is 0.320 e. The van der Waals surface area contributed by atoms with Crippen LogP contribution in [0.1, 0.15) is 5.69 Å². The molecule has 0 bridgehead atoms. The monoisotopic (exact) mass is 207 g/mol. The third kappa shape index (κ3) is 1.77. The zero-order chi connectivity index (χ0) is 10.8. The number of hydrogen-bond acceptors (Lipinski definition) is 5. The average molecular weight is 207 g/mol. The van der Waals surface area contributed by atoms with Gasteiger partial charge in [-0.05, 0) is 0 Å². The number of carbonyl (C=O) groups is 1. The van der Waals surface area contributed by atoms with Crippen LogP contribution in [-0.4, -0.2) is 36.7 Å². The summed E-state index contributed by atoms with van der Waals surface area (Å²) in [7, 11) is 0. The van der Waals surface area contributed by atoms with Gasteiger partial charge in [-0.25, -0.2) is 14.5 Å². The van der Waals surface area contributed by atoms with Gasteiger partial charge in [0.25, 0.3) is 5.78 Å². The normalized spacial score (nSPS) is 12.9. The van der Waals surface area contributed by atoms with E-state index in [1.165, 1.54) is 23.1 Å². The van der Waals surface area contributed by atoms with Crippen LogP contribution in [0.5, 0.6) is 0 Å². The van der Waals surface area contributed by atoms with Crippen LogP contribution in [0.2, 0.25) is 0 Å². The molecule has 0 amide bonds. The lowest BCUT2D eigenvalue weighted by atomic mass is 10.2. The molecule has 0 saturated heterocycles. The molecule has 0 radical (unpaired) electrons. The van der Waals surface area contributed by atoms with Crippen LogP contribution < -0.4 is 5.73 Å². The fourth-order valence-electron chi connectivity index (χ4n) is 1.23. The van der Waals surface area contributed by atoms with E-state index in [0.717, 1.165) is 0 Å². The number of nitrogens with two attached hydrogens (primary N) is 1. The second-order valence-electron chi connectivity index (χ2n) is 3.05. The van der Waals surface area contributed by atoms with Crippen LogP contribution in [0.4, 0.5) is 0 Å². The molecule has 7 nitrogen and oxygen atoms in total. The SMILES string of the molecule is NC(Cc1cnc2nccnn12)C(=O)O. The maximum Gasteiger partial charge on any atom is 0.320 e. The van der Waals surface area contributed by atoms with Crippen molar-refractivity contribution < 1.29 is 9.90 Å². The zero-order valence-electron chi connectivity index (χ0n) is 7.74. The van der Waals surface area contributed by atoms with Crippen molar-refractivity contribution in [1.29, 1.82) is 0 Å². The van der Waals surface area contributed by atoms with E-state index in [1.54, 1.807) is 0 Å². The maximum atomic E-state index is 10.6. The quantitative estimate of drug-likeness (QED) is 0.674. The first-order valence-electron chi connectivity index (χ1n) is 4.30. The van der Waals surface area contributed by atoms with Gasteiger partial charge >= 0.3 is 5.97 Å². The number of rotatable bonds is 3. The molecule has 7 heteroatoms. The highest BCUT2D eigenvalue weighted by Crippen LogP contribution is 2.03. The van der Waals surface area contributed by atoms with Gasteiger partial charge in [-0.1, -0.05) is 0 Å². The lowest BCUT2D eigenvalue weighted by molar-refractivity contribution is -0.138. The molecule has 2 rings (SSSR count). The summed E-state index contributed by atoms with van der Waals surface area (Å²) in [5.74, 6) is -0.612. The molecule has 2 aromatic heterocycles. The summed E-state index contributed by atoms with van der Waals surface area (Å²) in [5, 5.41) is 12.7. The number of nitrogens with zero attached hydrogens (tertiary/aromatic N) is 4. The van der Waals surface area contributed by atoms with Gasteiger partial charge in [0.15, 0.2) is 0 Å². The van der Waals surface area contributed by atoms with Crippen LogP contribution in [0.25, 0.3) is 5.78 Å². The molecular formula is C8H9N5O2. The van der Waals surface area contributed by atoms with Gasteiger partial charge in [0.05, 0.1) is 24.3 Å². The Bertz CT molecular complexity index is 494. The number of carboxylic acids is 1. The van der Waals surface area contributed by atoms with Gasteiger partial charge in [-0.3, -0.25) is 4.79 Å². The van der Waals surface area contributed by atoms with Crippen molar-refractivity contribution in [2.45, 2.75) is 12.5 Å². The van der Waals surface area contributed by atoms with Crippen molar-refractivity contribution in [3.8, 4) is 0 Å². The van der Waals surface area contributed by atoms with Gasteiger partial charge in [0.1, 0.15) is 6.04 Å². The Hall–Kier alpha value is -2.02. The highest BCUT2D eigenvalue weighted by atomic mass is 16.4. The van der Waals surface area contributed by atoms with E-state index in [0.29, 0.717) is 11.5 Å². The number of aromatic nitrogens is 4. The van der Waals surface area contributed by atoms with Crippen molar-refractivity contribution in [1.82, 2.24) is 19.6 Å². The van der Waals surface area contributed by atoms with E-state index in [-0.39, 0.29) is 6.42 Å². The second-order valence-corrected chi connectivity index (χ2v) is 3.05. The fourth-order valence-corrected chi connectivity index (χ4v) is 1.23. The molecule has 1 unspecified atom stereocenters. The molecule has 0 saturated carbocycles. The summed E-state index contributed by atoms with van der Waals surface area (Å²) < 4.78 is 1.48. The van der Waals surface area contributed by atoms with Gasteiger partial charge in [0.2, 0.25) is 0 Å². The van der Waals surface area contributed by atoms with E-state index >= 15 is 0 Å². The number of imidazole rings is 1. The molecule has 0 aliphatic carbocycles. The number of carboxylic acid groups (broad SMARTS) is 1. The van der Waals surface area contributed by atoms with Gasteiger partial charge in [-0.15, -0.1) is 0 Å². The van der Waals surface area contributed by atoms with Crippen molar-refractivity contribution in [2.75, 3.05) is 0 Å². The lowest BCUT2D eigenvalue weighted by Gasteiger charge is -2.04. The molecule has 3 N–H and O–H groups in total. The minimum Gasteiger partial charge on any atom is -0.480 e. The fraction of sp³-hybridized carbons (Fsp3) is 0.250. The van der Waals surface area contributed by atoms with E-state index in [1.807, 2.05) is 0 Å². The number of aliphatic carboxylic acids is 1. The second kappa shape index (κ2) is 3.62. The molecule has 0 aliphatic heterocycles. The van der Waals surface area contributed by atoms with Crippen LogP contribution in [-0.2, 0) is 11.2 Å². The van der Waals surface area contributed by atoms with E-state index < -0.39 is 12.0 Å². The summed E-state index contributed by atoms with van der Waals surface area (Å²) >= 11 is 0. The predicted molar refractivity (Wildman–Crippen MR) is 50.1 cm³/mol. The molecule has 2 aromatic rings. The standard InChI is InChI=1S/C8H9N5O2/c9-6(7(14)15)3-5-4-11-8-10-1-2-12-13(5)8/h1-2,4,6H,3,9H2,(H,14,15). The minimum absolute atomic E-state index is 0.176. The predicted octanol–water partition coefficient (Wildman–Crippen LogP) is -0.921. The molecule has 2 heterocycles. The van der Waals surface area contributed by atoms with Gasteiger partial charge < -0.3 is 10.8 Å². The van der Waals surface area contributed by atoms with Crippen molar-refractivity contribution >= 4 is 11.7 Å². The minimum atomic E-state index is -1.05. The largest absolute Gasteiger partial charge is 0.480 e. The van der Waals surface area contributed by atoms with Crippen molar-refractivity contribution in [3.63, 3.8) is 0 Å². The first-order valence-corrected chi connectivity index (χ1v) is 4.30. The number of hydrogen-bond donors (Lipinski definition) is 2. The Morgan fingerprint density at radius 3 is 3.07 bits per heavy atom. The molecule has 0 fully saturated rings. The maximum absolute atomic E-state index is 10.6. The summed E-state index contributed by atoms with van der Waals surface area (Å²) in [5.41, 5.74) is 6.04. The lowest BCUT2D eigenvalue weighted by Crippen LogP contribution is -2.32. The highest BCUT2D eigenvalue weighted by Gasteiger charge is 2.15. The van der Waals surface area contributed by atoms with Gasteiger partial charge in [-0.2, -0.15) is 5.10 Å². The molecule has 0 aliphatic rings. The van der Waals surface area contributed by atoms with E-state index in [2.05, 4.69) is 15.1 Å². The third-order valence-electron chi connectivity index (χ3n) is 1.98. The Morgan fingerprint density at radius 2 is 2.33 bits per heavy atom. The van der Waals surface area contributed by atoms with Crippen LogP contribution in [0.3, 0.4) is 0 Å². The van der Waals surface area contributed by atoms with E-state index in [9.17, 15) is 4.79 Å². The first kappa shape index (κ1) is 9.53. The molecular weight excluding hydrogens is 198 g/mol. The Kier molecular flexibility index (Phi) is 2.30. The first-order chi connectivity index (χ1) is 7.18. The Morgan fingerprint density at radius 1 is 1.53 bits per heavy atom. The highest BCUT2D eigenvalue weighted by molar-refractivity contribution is 5.73. The van der Waals surface area contributed by atoms with Crippen molar-refractivity contribution in [3.05, 3.63) is 24.3 Å². The third-order valence-corrected chi connectivity index (χ3v) is 1.98. The molecule has 15 heavy (non-hydrogen) atoms. The van der Waals surface area contributed by atoms with Gasteiger partial charge in [0, 0.05) is 6.42 Å². The Labute approximate surface area is 84.6 Å². The number of fused-ring (bicyclic) bond motifs is 1. The molecule has 0 spiro atoms. The summed E-state index contributed by atoms with van der Waals surface area (Å²) in [6.07, 6.45) is 4.72. The van der Waals surface area contributed by atoms with Crippen LogP contribution >= 0.6 is 0 Å². The molecule has 78 valence electrons. The summed E-state index contributed by atoms with van der Waals surface area (Å²) in [6, 6.07) is -0.952. The van der Waals surface area contributed by atoms with Crippen molar-refractivity contribution in [2.24, 2.45) is 5.73 Å². The molecule has 1 atom stereocenters. The molecule has 0 aromatic carbocycles. The van der Waals surface area contributed by atoms with E-state index in [4.69, 9.17) is 10.8 Å². The average Bonchev–Trinajstić information content (AvgIpc) is 2.62. The summed E-state index contributed by atoms with van der Waals surface area (Å²) in [4.78, 5) is 18.5. The van der Waals surface area contributed by atoms with Crippen LogP contribution in [0.15, 0.2) is 18.6 Å². The zero-order valence-corrected chi connectivity index (χ0v) is 7.74. The topological polar surface area (TPSA) is 106 Å². The summed E-state index contributed by atoms with van der Waals surface area (Å²) in [6.45, 7) is 0. The van der Waals surface area contributed by atoms with Crippen LogP contribution in [0, 0.1) is 0 Å².